The summed E-state index contributed by atoms with van der Waals surface area (Å²) in [5.41, 5.74) is 5.86. The predicted octanol–water partition coefficient (Wildman–Crippen LogP) is 2.49. The summed E-state index contributed by atoms with van der Waals surface area (Å²) in [5, 5.41) is 0.448. The standard InChI is InChI=1S/C16H20FN3O2/c1-5-13-19-14-10(15(20-13)22-8-12(18)21)6-9(7-11(14)17)16(2,3)4/h6-7H,5,8H2,1-4H3,(H2,18,21). The molecule has 118 valence electrons. The summed E-state index contributed by atoms with van der Waals surface area (Å²) >= 11 is 0. The van der Waals surface area contributed by atoms with Crippen LogP contribution in [-0.2, 0) is 16.6 Å². The van der Waals surface area contributed by atoms with Crippen molar-refractivity contribution >= 4 is 16.8 Å². The van der Waals surface area contributed by atoms with Crippen molar-refractivity contribution in [2.75, 3.05) is 6.61 Å². The minimum atomic E-state index is -0.614. The van der Waals surface area contributed by atoms with Crippen molar-refractivity contribution in [1.29, 1.82) is 0 Å². The van der Waals surface area contributed by atoms with Gasteiger partial charge in [0.1, 0.15) is 17.2 Å². The molecule has 0 unspecified atom stereocenters. The lowest BCUT2D eigenvalue weighted by Gasteiger charge is -2.20. The fraction of sp³-hybridized carbons (Fsp3) is 0.438. The predicted molar refractivity (Wildman–Crippen MR) is 82.3 cm³/mol. The third-order valence-corrected chi connectivity index (χ3v) is 3.30. The first-order chi connectivity index (χ1) is 10.2. The molecule has 1 aromatic heterocycles. The summed E-state index contributed by atoms with van der Waals surface area (Å²) in [5.74, 6) is -0.402. The fourth-order valence-corrected chi connectivity index (χ4v) is 2.05. The first-order valence-electron chi connectivity index (χ1n) is 7.14. The SMILES string of the molecule is CCc1nc(OCC(N)=O)c2cc(C(C)(C)C)cc(F)c2n1. The van der Waals surface area contributed by atoms with E-state index in [-0.39, 0.29) is 23.4 Å². The summed E-state index contributed by atoms with van der Waals surface area (Å²) in [6, 6.07) is 3.28. The van der Waals surface area contributed by atoms with E-state index in [0.717, 1.165) is 5.56 Å². The number of carbonyl (C=O) groups is 1. The van der Waals surface area contributed by atoms with E-state index in [2.05, 4.69) is 9.97 Å². The van der Waals surface area contributed by atoms with Gasteiger partial charge in [-0.3, -0.25) is 4.79 Å². The molecule has 0 saturated heterocycles. The quantitative estimate of drug-likeness (QED) is 0.941. The number of primary amides is 1. The average molecular weight is 305 g/mol. The molecule has 5 nitrogen and oxygen atoms in total. The zero-order valence-corrected chi connectivity index (χ0v) is 13.2. The van der Waals surface area contributed by atoms with Gasteiger partial charge in [-0.05, 0) is 23.1 Å². The van der Waals surface area contributed by atoms with Crippen LogP contribution in [0.2, 0.25) is 0 Å². The summed E-state index contributed by atoms with van der Waals surface area (Å²) in [7, 11) is 0. The first-order valence-corrected chi connectivity index (χ1v) is 7.14. The lowest BCUT2D eigenvalue weighted by atomic mass is 9.86. The van der Waals surface area contributed by atoms with Gasteiger partial charge in [-0.1, -0.05) is 27.7 Å². The summed E-state index contributed by atoms with van der Waals surface area (Å²) in [6.07, 6.45) is 0.531. The lowest BCUT2D eigenvalue weighted by Crippen LogP contribution is -2.21. The number of aromatic nitrogens is 2. The number of fused-ring (bicyclic) bond motifs is 1. The van der Waals surface area contributed by atoms with E-state index in [1.54, 1.807) is 6.07 Å². The van der Waals surface area contributed by atoms with Crippen molar-refractivity contribution in [2.45, 2.75) is 39.5 Å². The number of nitrogens with two attached hydrogens (primary N) is 1. The normalized spacial score (nSPS) is 11.7. The van der Waals surface area contributed by atoms with Gasteiger partial charge in [-0.15, -0.1) is 0 Å². The summed E-state index contributed by atoms with van der Waals surface area (Å²) in [6.45, 7) is 7.51. The van der Waals surface area contributed by atoms with Crippen LogP contribution < -0.4 is 10.5 Å². The molecule has 0 atom stereocenters. The number of benzene rings is 1. The van der Waals surface area contributed by atoms with Crippen molar-refractivity contribution in [3.63, 3.8) is 0 Å². The highest BCUT2D eigenvalue weighted by atomic mass is 19.1. The van der Waals surface area contributed by atoms with Gasteiger partial charge in [-0.2, -0.15) is 4.98 Å². The topological polar surface area (TPSA) is 78.1 Å². The van der Waals surface area contributed by atoms with Crippen LogP contribution in [0.5, 0.6) is 5.88 Å². The minimum Gasteiger partial charge on any atom is -0.467 e. The van der Waals surface area contributed by atoms with Crippen molar-refractivity contribution in [3.05, 3.63) is 29.3 Å². The molecule has 2 rings (SSSR count). The smallest absolute Gasteiger partial charge is 0.255 e. The number of rotatable bonds is 4. The van der Waals surface area contributed by atoms with Crippen molar-refractivity contribution in [3.8, 4) is 5.88 Å². The molecule has 0 aliphatic heterocycles. The molecule has 0 radical (unpaired) electrons. The minimum absolute atomic E-state index is 0.186. The average Bonchev–Trinajstić information content (AvgIpc) is 2.43. The Morgan fingerprint density at radius 2 is 2.00 bits per heavy atom. The molecular weight excluding hydrogens is 285 g/mol. The van der Waals surface area contributed by atoms with Crippen LogP contribution in [0.3, 0.4) is 0 Å². The third kappa shape index (κ3) is 3.32. The van der Waals surface area contributed by atoms with Gasteiger partial charge in [0.15, 0.2) is 6.61 Å². The summed E-state index contributed by atoms with van der Waals surface area (Å²) in [4.78, 5) is 19.4. The lowest BCUT2D eigenvalue weighted by molar-refractivity contribution is -0.120. The van der Waals surface area contributed by atoms with E-state index in [0.29, 0.717) is 17.6 Å². The first kappa shape index (κ1) is 16.1. The van der Waals surface area contributed by atoms with E-state index in [1.165, 1.54) is 6.07 Å². The van der Waals surface area contributed by atoms with Gasteiger partial charge in [0, 0.05) is 6.42 Å². The maximum atomic E-state index is 14.4. The zero-order valence-electron chi connectivity index (χ0n) is 13.2. The molecule has 1 aromatic carbocycles. The van der Waals surface area contributed by atoms with Crippen molar-refractivity contribution in [1.82, 2.24) is 9.97 Å². The Labute approximate surface area is 128 Å². The molecule has 1 heterocycles. The Balaban J connectivity index is 2.68. The Bertz CT molecular complexity index is 723. The molecule has 6 heteroatoms. The number of hydrogen-bond acceptors (Lipinski definition) is 4. The van der Waals surface area contributed by atoms with Gasteiger partial charge in [0.2, 0.25) is 5.88 Å². The highest BCUT2D eigenvalue weighted by Gasteiger charge is 2.20. The Kier molecular flexibility index (Phi) is 4.30. The van der Waals surface area contributed by atoms with Crippen LogP contribution in [0.25, 0.3) is 10.9 Å². The molecule has 0 saturated carbocycles. The van der Waals surface area contributed by atoms with E-state index in [1.807, 2.05) is 27.7 Å². The molecular formula is C16H20FN3O2. The molecule has 0 fully saturated rings. The molecule has 2 aromatic rings. The molecule has 2 N–H and O–H groups in total. The number of ether oxygens (including phenoxy) is 1. The van der Waals surface area contributed by atoms with Crippen molar-refractivity contribution < 1.29 is 13.9 Å². The van der Waals surface area contributed by atoms with Crippen molar-refractivity contribution in [2.24, 2.45) is 5.73 Å². The van der Waals surface area contributed by atoms with E-state index >= 15 is 0 Å². The van der Waals surface area contributed by atoms with Gasteiger partial charge in [0.05, 0.1) is 5.39 Å². The van der Waals surface area contributed by atoms with Gasteiger partial charge in [0.25, 0.3) is 5.91 Å². The number of halogens is 1. The zero-order chi connectivity index (χ0) is 16.5. The second-order valence-electron chi connectivity index (χ2n) is 6.16. The highest BCUT2D eigenvalue weighted by molar-refractivity contribution is 5.85. The second-order valence-corrected chi connectivity index (χ2v) is 6.16. The van der Waals surface area contributed by atoms with Crippen LogP contribution in [-0.4, -0.2) is 22.5 Å². The van der Waals surface area contributed by atoms with Crippen LogP contribution in [0.15, 0.2) is 12.1 Å². The molecule has 22 heavy (non-hydrogen) atoms. The van der Waals surface area contributed by atoms with E-state index in [4.69, 9.17) is 10.5 Å². The maximum absolute atomic E-state index is 14.4. The number of aryl methyl sites for hydroxylation is 1. The highest BCUT2D eigenvalue weighted by Crippen LogP contribution is 2.31. The Hall–Kier alpha value is -2.24. The monoisotopic (exact) mass is 305 g/mol. The number of amides is 1. The molecule has 0 aliphatic carbocycles. The number of hydrogen-bond donors (Lipinski definition) is 1. The second kappa shape index (κ2) is 5.87. The molecule has 0 bridgehead atoms. The van der Waals surface area contributed by atoms with Crippen LogP contribution >= 0.6 is 0 Å². The van der Waals surface area contributed by atoms with Crippen LogP contribution in [0.1, 0.15) is 39.1 Å². The molecule has 0 spiro atoms. The van der Waals surface area contributed by atoms with Gasteiger partial charge in [-0.25, -0.2) is 9.37 Å². The van der Waals surface area contributed by atoms with Crippen LogP contribution in [0.4, 0.5) is 4.39 Å². The third-order valence-electron chi connectivity index (χ3n) is 3.30. The Morgan fingerprint density at radius 3 is 2.55 bits per heavy atom. The van der Waals surface area contributed by atoms with Gasteiger partial charge < -0.3 is 10.5 Å². The van der Waals surface area contributed by atoms with Crippen LogP contribution in [0, 0.1) is 5.82 Å². The molecule has 1 amide bonds. The van der Waals surface area contributed by atoms with E-state index in [9.17, 15) is 9.18 Å². The fourth-order valence-electron chi connectivity index (χ4n) is 2.05. The van der Waals surface area contributed by atoms with Gasteiger partial charge >= 0.3 is 0 Å². The van der Waals surface area contributed by atoms with E-state index < -0.39 is 11.7 Å². The largest absolute Gasteiger partial charge is 0.467 e. The summed E-state index contributed by atoms with van der Waals surface area (Å²) < 4.78 is 19.8. The number of carbonyl (C=O) groups excluding carboxylic acids is 1. The maximum Gasteiger partial charge on any atom is 0.255 e. The number of nitrogens with zero attached hydrogens (tertiary/aromatic N) is 2. The molecule has 0 aliphatic rings. The Morgan fingerprint density at radius 1 is 1.32 bits per heavy atom.